The molecule has 0 spiro atoms. The summed E-state index contributed by atoms with van der Waals surface area (Å²) in [7, 11) is 3.28. The minimum atomic E-state index is -0.214. The topological polar surface area (TPSA) is 98.0 Å². The average molecular weight is 402 g/mol. The van der Waals surface area contributed by atoms with Crippen molar-refractivity contribution in [1.82, 2.24) is 29.4 Å². The molecule has 0 aliphatic carbocycles. The molecule has 0 radical (unpaired) electrons. The highest BCUT2D eigenvalue weighted by Gasteiger charge is 2.28. The predicted molar refractivity (Wildman–Crippen MR) is 104 cm³/mol. The molecule has 3 aromatic rings. The smallest absolute Gasteiger partial charge is 0.348 e. The summed E-state index contributed by atoms with van der Waals surface area (Å²) in [5, 5.41) is 13.7. The summed E-state index contributed by atoms with van der Waals surface area (Å²) in [5.41, 5.74) is 0.274. The molecule has 3 aromatic heterocycles. The lowest BCUT2D eigenvalue weighted by Gasteiger charge is -2.31. The summed E-state index contributed by atoms with van der Waals surface area (Å²) in [5.74, 6) is 1.41. The SMILES string of the molecule is COc1nn(C)cc1C(=O)N1CCC(Cc2n[nH]c(=O)n2-c2cccs2)CC1. The van der Waals surface area contributed by atoms with Gasteiger partial charge < -0.3 is 9.64 Å². The number of methoxy groups -OCH3 is 1. The van der Waals surface area contributed by atoms with Crippen molar-refractivity contribution < 1.29 is 9.53 Å². The van der Waals surface area contributed by atoms with Crippen molar-refractivity contribution >= 4 is 17.2 Å². The van der Waals surface area contributed by atoms with Gasteiger partial charge in [-0.25, -0.2) is 14.5 Å². The van der Waals surface area contributed by atoms with Gasteiger partial charge in [-0.3, -0.25) is 9.48 Å². The summed E-state index contributed by atoms with van der Waals surface area (Å²) in [4.78, 5) is 26.8. The van der Waals surface area contributed by atoms with Crippen LogP contribution in [-0.2, 0) is 13.5 Å². The molecule has 0 aromatic carbocycles. The molecule has 1 fully saturated rings. The van der Waals surface area contributed by atoms with Crippen LogP contribution in [0.25, 0.3) is 5.00 Å². The van der Waals surface area contributed by atoms with Crippen LogP contribution in [0, 0.1) is 5.92 Å². The zero-order valence-electron chi connectivity index (χ0n) is 15.8. The van der Waals surface area contributed by atoms with E-state index in [0.717, 1.165) is 23.7 Å². The third-order valence-electron chi connectivity index (χ3n) is 5.06. The van der Waals surface area contributed by atoms with E-state index in [1.165, 1.54) is 18.4 Å². The minimum Gasteiger partial charge on any atom is -0.479 e. The Bertz CT molecular complexity index is 1010. The van der Waals surface area contributed by atoms with Crippen molar-refractivity contribution in [2.75, 3.05) is 20.2 Å². The Kier molecular flexibility index (Phi) is 5.03. The fourth-order valence-electron chi connectivity index (χ4n) is 3.63. The molecule has 4 heterocycles. The number of aromatic nitrogens is 5. The third kappa shape index (κ3) is 3.47. The maximum Gasteiger partial charge on any atom is 0.348 e. The number of hydrogen-bond donors (Lipinski definition) is 1. The second-order valence-corrected chi connectivity index (χ2v) is 7.82. The Labute approximate surface area is 165 Å². The van der Waals surface area contributed by atoms with E-state index in [1.54, 1.807) is 22.5 Å². The molecular weight excluding hydrogens is 380 g/mol. The molecule has 1 aliphatic heterocycles. The Morgan fingerprint density at radius 1 is 1.39 bits per heavy atom. The highest BCUT2D eigenvalue weighted by molar-refractivity contribution is 7.12. The number of nitrogens with one attached hydrogen (secondary N) is 1. The molecule has 0 saturated carbocycles. The number of piperidine rings is 1. The van der Waals surface area contributed by atoms with E-state index in [9.17, 15) is 9.59 Å². The lowest BCUT2D eigenvalue weighted by Crippen LogP contribution is -2.39. The Balaban J connectivity index is 1.42. The standard InChI is InChI=1S/C18H22N6O3S/c1-22-11-13(16(21-22)27-2)17(25)23-7-5-12(6-8-23)10-14-19-20-18(26)24(14)15-4-3-9-28-15/h3-4,9,11-12H,5-8,10H2,1-2H3,(H,20,26). The second-order valence-electron chi connectivity index (χ2n) is 6.90. The van der Waals surface area contributed by atoms with Crippen LogP contribution in [0.15, 0.2) is 28.5 Å². The molecule has 0 unspecified atom stereocenters. The first-order valence-corrected chi connectivity index (χ1v) is 10.0. The van der Waals surface area contributed by atoms with Crippen LogP contribution in [0.5, 0.6) is 5.88 Å². The Morgan fingerprint density at radius 2 is 2.18 bits per heavy atom. The lowest BCUT2D eigenvalue weighted by atomic mass is 9.93. The second kappa shape index (κ2) is 7.63. The zero-order chi connectivity index (χ0) is 19.7. The number of H-pyrrole nitrogens is 1. The van der Waals surface area contributed by atoms with E-state index in [0.29, 0.717) is 36.9 Å². The van der Waals surface area contributed by atoms with E-state index in [2.05, 4.69) is 15.3 Å². The predicted octanol–water partition coefficient (Wildman–Crippen LogP) is 1.46. The number of thiophene rings is 1. The first-order chi connectivity index (χ1) is 13.6. The van der Waals surface area contributed by atoms with Crippen molar-refractivity contribution in [1.29, 1.82) is 0 Å². The van der Waals surface area contributed by atoms with Crippen LogP contribution in [-0.4, -0.2) is 55.6 Å². The van der Waals surface area contributed by atoms with E-state index >= 15 is 0 Å². The molecule has 9 nitrogen and oxygen atoms in total. The van der Waals surface area contributed by atoms with Crippen LogP contribution in [0.1, 0.15) is 29.0 Å². The Hall–Kier alpha value is -2.88. The number of aryl methyl sites for hydroxylation is 1. The van der Waals surface area contributed by atoms with Gasteiger partial charge in [0.2, 0.25) is 5.88 Å². The fraction of sp³-hybridized carbons (Fsp3) is 0.444. The van der Waals surface area contributed by atoms with Gasteiger partial charge in [0.25, 0.3) is 5.91 Å². The van der Waals surface area contributed by atoms with E-state index in [-0.39, 0.29) is 11.6 Å². The van der Waals surface area contributed by atoms with Crippen molar-refractivity contribution in [3.05, 3.63) is 45.6 Å². The molecule has 1 N–H and O–H groups in total. The molecule has 148 valence electrons. The zero-order valence-corrected chi connectivity index (χ0v) is 16.6. The van der Waals surface area contributed by atoms with E-state index in [4.69, 9.17) is 4.74 Å². The summed E-state index contributed by atoms with van der Waals surface area (Å²) >= 11 is 1.51. The van der Waals surface area contributed by atoms with Crippen LogP contribution in [0.2, 0.25) is 0 Å². The number of rotatable bonds is 5. The number of ether oxygens (including phenoxy) is 1. The highest BCUT2D eigenvalue weighted by Crippen LogP contribution is 2.25. The molecule has 28 heavy (non-hydrogen) atoms. The van der Waals surface area contributed by atoms with E-state index in [1.807, 2.05) is 22.4 Å². The van der Waals surface area contributed by atoms with E-state index < -0.39 is 0 Å². The minimum absolute atomic E-state index is 0.0568. The van der Waals surface area contributed by atoms with Crippen LogP contribution in [0.4, 0.5) is 0 Å². The van der Waals surface area contributed by atoms with Gasteiger partial charge in [-0.2, -0.15) is 5.10 Å². The number of aromatic amines is 1. The largest absolute Gasteiger partial charge is 0.479 e. The molecule has 1 amide bonds. The van der Waals surface area contributed by atoms with Gasteiger partial charge in [0, 0.05) is 32.8 Å². The number of hydrogen-bond acceptors (Lipinski definition) is 6. The van der Waals surface area contributed by atoms with Gasteiger partial charge in [0.05, 0.1) is 7.11 Å². The summed E-state index contributed by atoms with van der Waals surface area (Å²) in [6.45, 7) is 1.32. The lowest BCUT2D eigenvalue weighted by molar-refractivity contribution is 0.0686. The summed E-state index contributed by atoms with van der Waals surface area (Å²) < 4.78 is 8.43. The summed E-state index contributed by atoms with van der Waals surface area (Å²) in [6.07, 6.45) is 4.12. The quantitative estimate of drug-likeness (QED) is 0.697. The van der Waals surface area contributed by atoms with Crippen molar-refractivity contribution in [3.63, 3.8) is 0 Å². The van der Waals surface area contributed by atoms with Gasteiger partial charge in [-0.05, 0) is 36.3 Å². The summed E-state index contributed by atoms with van der Waals surface area (Å²) in [6, 6.07) is 3.83. The number of likely N-dealkylation sites (tertiary alicyclic amines) is 1. The van der Waals surface area contributed by atoms with Crippen molar-refractivity contribution in [2.24, 2.45) is 13.0 Å². The molecule has 1 saturated heterocycles. The van der Waals surface area contributed by atoms with Gasteiger partial charge in [-0.1, -0.05) is 0 Å². The first-order valence-electron chi connectivity index (χ1n) is 9.14. The Morgan fingerprint density at radius 3 is 2.86 bits per heavy atom. The van der Waals surface area contributed by atoms with Crippen LogP contribution in [0.3, 0.4) is 0 Å². The van der Waals surface area contributed by atoms with Crippen molar-refractivity contribution in [2.45, 2.75) is 19.3 Å². The molecule has 0 atom stereocenters. The van der Waals surface area contributed by atoms with Crippen LogP contribution >= 0.6 is 11.3 Å². The fourth-order valence-corrected chi connectivity index (χ4v) is 4.37. The maximum absolute atomic E-state index is 12.8. The molecular formula is C18H22N6O3S. The molecule has 4 rings (SSSR count). The van der Waals surface area contributed by atoms with Gasteiger partial charge in [0.1, 0.15) is 16.4 Å². The first kappa shape index (κ1) is 18.5. The van der Waals surface area contributed by atoms with Gasteiger partial charge in [0.15, 0.2) is 0 Å². The maximum atomic E-state index is 12.8. The van der Waals surface area contributed by atoms with Gasteiger partial charge >= 0.3 is 5.69 Å². The van der Waals surface area contributed by atoms with Gasteiger partial charge in [-0.15, -0.1) is 16.4 Å². The average Bonchev–Trinajstić information content (AvgIpc) is 3.42. The molecule has 1 aliphatic rings. The molecule has 0 bridgehead atoms. The third-order valence-corrected chi connectivity index (χ3v) is 5.91. The number of carbonyl (C=O) groups is 1. The normalized spacial score (nSPS) is 15.1. The number of nitrogens with zero attached hydrogens (tertiary/aromatic N) is 5. The van der Waals surface area contributed by atoms with Crippen molar-refractivity contribution in [3.8, 4) is 10.9 Å². The highest BCUT2D eigenvalue weighted by atomic mass is 32.1. The number of carbonyl (C=O) groups excluding carboxylic acids is 1. The molecule has 10 heteroatoms. The monoisotopic (exact) mass is 402 g/mol. The number of amides is 1. The van der Waals surface area contributed by atoms with Crippen LogP contribution < -0.4 is 10.4 Å².